The van der Waals surface area contributed by atoms with E-state index in [1.165, 1.54) is 10.9 Å². The van der Waals surface area contributed by atoms with Crippen molar-refractivity contribution in [1.82, 2.24) is 19.5 Å². The maximum atomic E-state index is 12.9. The van der Waals surface area contributed by atoms with Gasteiger partial charge in [0.15, 0.2) is 17.4 Å². The molecule has 6 rings (SSSR count). The molecule has 1 fully saturated rings. The number of amides is 1. The third kappa shape index (κ3) is 7.07. The Balaban J connectivity index is 1.38. The Labute approximate surface area is 288 Å². The van der Waals surface area contributed by atoms with E-state index in [0.717, 1.165) is 16.7 Å². The molecule has 0 radical (unpaired) electrons. The number of hydrogen-bond acceptors (Lipinski definition) is 10. The number of benzene rings is 3. The SMILES string of the molecule is COc1ccc(C(OC[C@@H]2C[C@H](O[PH](=O)O)[C@H](n3cnc4c(=O)[nH]c(NC(=O)C(C)C)nc43)O2)(c2ccccc2)c2ccc(OC)cc2)cc1. The molecule has 1 amide bonds. The van der Waals surface area contributed by atoms with Crippen LogP contribution in [0.4, 0.5) is 5.95 Å². The highest BCUT2D eigenvalue weighted by molar-refractivity contribution is 7.32. The van der Waals surface area contributed by atoms with E-state index in [0.29, 0.717) is 11.5 Å². The number of nitrogens with zero attached hydrogens (tertiary/aromatic N) is 3. The molecule has 1 saturated heterocycles. The fourth-order valence-electron chi connectivity index (χ4n) is 6.03. The van der Waals surface area contributed by atoms with Gasteiger partial charge < -0.3 is 28.4 Å². The van der Waals surface area contributed by atoms with Gasteiger partial charge in [0.2, 0.25) is 11.9 Å². The molecule has 5 aromatic rings. The smallest absolute Gasteiger partial charge is 0.317 e. The van der Waals surface area contributed by atoms with Crippen molar-refractivity contribution in [2.45, 2.75) is 44.3 Å². The van der Waals surface area contributed by atoms with Crippen molar-refractivity contribution in [3.05, 3.63) is 112 Å². The third-order valence-electron chi connectivity index (χ3n) is 8.53. The molecule has 4 atom stereocenters. The van der Waals surface area contributed by atoms with E-state index < -0.39 is 37.9 Å². The van der Waals surface area contributed by atoms with Gasteiger partial charge in [-0.25, -0.2) is 4.98 Å². The van der Waals surface area contributed by atoms with Crippen molar-refractivity contribution < 1.29 is 37.7 Å². The van der Waals surface area contributed by atoms with Gasteiger partial charge in [0.1, 0.15) is 23.2 Å². The van der Waals surface area contributed by atoms with E-state index in [9.17, 15) is 19.0 Å². The van der Waals surface area contributed by atoms with E-state index in [2.05, 4.69) is 20.3 Å². The molecule has 262 valence electrons. The summed E-state index contributed by atoms with van der Waals surface area (Å²) in [5, 5.41) is 2.59. The Kier molecular flexibility index (Phi) is 10.5. The number of methoxy groups -OCH3 is 2. The predicted molar refractivity (Wildman–Crippen MR) is 185 cm³/mol. The predicted octanol–water partition coefficient (Wildman–Crippen LogP) is 4.79. The molecule has 1 aliphatic heterocycles. The van der Waals surface area contributed by atoms with Gasteiger partial charge in [-0.3, -0.25) is 29.0 Å². The number of rotatable bonds is 13. The Morgan fingerprint density at radius 3 is 2.18 bits per heavy atom. The molecule has 0 bridgehead atoms. The lowest BCUT2D eigenvalue weighted by Crippen LogP contribution is -2.35. The molecule has 15 heteroatoms. The maximum absolute atomic E-state index is 12.9. The van der Waals surface area contributed by atoms with E-state index >= 15 is 0 Å². The topological polar surface area (TPSA) is 176 Å². The summed E-state index contributed by atoms with van der Waals surface area (Å²) in [5.74, 6) is 0.583. The van der Waals surface area contributed by atoms with Crippen molar-refractivity contribution in [3.8, 4) is 11.5 Å². The minimum absolute atomic E-state index is 0.00615. The molecule has 3 aromatic carbocycles. The molecule has 14 nitrogen and oxygen atoms in total. The van der Waals surface area contributed by atoms with Crippen molar-refractivity contribution in [3.63, 3.8) is 0 Å². The molecule has 0 spiro atoms. The van der Waals surface area contributed by atoms with Crippen LogP contribution < -0.4 is 20.3 Å². The molecular weight excluding hydrogens is 665 g/mol. The lowest BCUT2D eigenvalue weighted by atomic mass is 9.80. The highest BCUT2D eigenvalue weighted by Crippen LogP contribution is 2.44. The number of anilines is 1. The average molecular weight is 704 g/mol. The fraction of sp³-hybridized carbons (Fsp3) is 0.314. The molecule has 3 N–H and O–H groups in total. The molecule has 50 heavy (non-hydrogen) atoms. The van der Waals surface area contributed by atoms with Gasteiger partial charge >= 0.3 is 8.25 Å². The standard InChI is InChI=1S/C35H38N5O9P/c1-21(2)31(41)38-34-37-30-29(32(42)39-34)36-20-40(30)33-28(49-50(43)44)18-27(48-33)19-47-35(22-8-6-5-7-9-22,23-10-14-25(45-3)15-11-23)24-12-16-26(46-4)17-13-24/h5-17,20-21,27-28,33,50H,18-19H2,1-4H3,(H,43,44)(H2,37,38,39,41,42)/t27-,28-,33+/m0/s1. The highest BCUT2D eigenvalue weighted by Gasteiger charge is 2.43. The van der Waals surface area contributed by atoms with Crippen molar-refractivity contribution >= 4 is 31.3 Å². The van der Waals surface area contributed by atoms with E-state index in [-0.39, 0.29) is 42.0 Å². The summed E-state index contributed by atoms with van der Waals surface area (Å²) in [6.07, 6.45) is -1.07. The lowest BCUT2D eigenvalue weighted by Gasteiger charge is -2.37. The van der Waals surface area contributed by atoms with Gasteiger partial charge in [-0.15, -0.1) is 0 Å². The first-order chi connectivity index (χ1) is 24.1. The number of aromatic amines is 1. The molecule has 0 aliphatic carbocycles. The summed E-state index contributed by atoms with van der Waals surface area (Å²) in [6.45, 7) is 3.44. The van der Waals surface area contributed by atoms with Gasteiger partial charge in [-0.2, -0.15) is 4.98 Å². The summed E-state index contributed by atoms with van der Waals surface area (Å²) < 4.78 is 43.3. The molecule has 2 aromatic heterocycles. The molecule has 1 aliphatic rings. The second-order valence-electron chi connectivity index (χ2n) is 12.0. The van der Waals surface area contributed by atoms with Crippen LogP contribution in [0.5, 0.6) is 11.5 Å². The number of carbonyl (C=O) groups excluding carboxylic acids is 1. The first kappa shape index (κ1) is 35.0. The fourth-order valence-corrected chi connectivity index (χ4v) is 6.50. The van der Waals surface area contributed by atoms with Crippen LogP contribution in [0.2, 0.25) is 0 Å². The normalized spacial score (nSPS) is 18.3. The number of ether oxygens (including phenoxy) is 4. The average Bonchev–Trinajstić information content (AvgIpc) is 3.73. The van der Waals surface area contributed by atoms with Crippen LogP contribution in [0.3, 0.4) is 0 Å². The zero-order chi connectivity index (χ0) is 35.4. The Bertz CT molecular complexity index is 1970. The molecule has 0 saturated carbocycles. The number of nitrogens with one attached hydrogen (secondary N) is 2. The van der Waals surface area contributed by atoms with E-state index in [1.807, 2.05) is 78.9 Å². The largest absolute Gasteiger partial charge is 0.497 e. The van der Waals surface area contributed by atoms with Crippen LogP contribution >= 0.6 is 8.25 Å². The molecule has 1 unspecified atom stereocenters. The summed E-state index contributed by atoms with van der Waals surface area (Å²) in [7, 11) is -0.211. The van der Waals surface area contributed by atoms with Crippen molar-refractivity contribution in [1.29, 1.82) is 0 Å². The minimum Gasteiger partial charge on any atom is -0.497 e. The van der Waals surface area contributed by atoms with E-state index in [1.54, 1.807) is 28.1 Å². The molecular formula is C35H38N5O9P. The quantitative estimate of drug-likeness (QED) is 0.114. The Morgan fingerprint density at radius 2 is 1.62 bits per heavy atom. The van der Waals surface area contributed by atoms with Crippen LogP contribution in [-0.2, 0) is 29.0 Å². The number of carbonyl (C=O) groups is 1. The van der Waals surface area contributed by atoms with Gasteiger partial charge in [0, 0.05) is 12.3 Å². The van der Waals surface area contributed by atoms with Crippen LogP contribution in [0.15, 0.2) is 90.0 Å². The van der Waals surface area contributed by atoms with Gasteiger partial charge in [-0.1, -0.05) is 68.4 Å². The van der Waals surface area contributed by atoms with Crippen LogP contribution in [0.1, 0.15) is 43.2 Å². The van der Waals surface area contributed by atoms with E-state index in [4.69, 9.17) is 23.5 Å². The Hall–Kier alpha value is -4.85. The van der Waals surface area contributed by atoms with Crippen LogP contribution in [0, 0.1) is 5.92 Å². The third-order valence-corrected chi connectivity index (χ3v) is 9.03. The van der Waals surface area contributed by atoms with Gasteiger partial charge in [0.05, 0.1) is 33.3 Å². The number of aromatic nitrogens is 4. The minimum atomic E-state index is -3.41. The number of H-pyrrole nitrogens is 1. The molecule has 3 heterocycles. The number of fused-ring (bicyclic) bond motifs is 1. The van der Waals surface area contributed by atoms with Crippen molar-refractivity contribution in [2.75, 3.05) is 26.1 Å². The second-order valence-corrected chi connectivity index (χ2v) is 12.8. The summed E-state index contributed by atoms with van der Waals surface area (Å²) >= 11 is 0. The van der Waals surface area contributed by atoms with Crippen molar-refractivity contribution in [2.24, 2.45) is 5.92 Å². The monoisotopic (exact) mass is 703 g/mol. The summed E-state index contributed by atoms with van der Waals surface area (Å²) in [4.78, 5) is 46.2. The second kappa shape index (κ2) is 15.0. The first-order valence-electron chi connectivity index (χ1n) is 15.9. The maximum Gasteiger partial charge on any atom is 0.317 e. The zero-order valence-electron chi connectivity index (χ0n) is 27.9. The van der Waals surface area contributed by atoms with Gasteiger partial charge in [0.25, 0.3) is 5.56 Å². The highest BCUT2D eigenvalue weighted by atomic mass is 31.1. The number of hydrogen-bond donors (Lipinski definition) is 3. The lowest BCUT2D eigenvalue weighted by molar-refractivity contribution is -0.118. The van der Waals surface area contributed by atoms with Crippen LogP contribution in [0.25, 0.3) is 11.2 Å². The first-order valence-corrected chi connectivity index (χ1v) is 17.2. The summed E-state index contributed by atoms with van der Waals surface area (Å²) in [5.41, 5.74) is 0.856. The summed E-state index contributed by atoms with van der Waals surface area (Å²) in [6, 6.07) is 25.0. The zero-order valence-corrected chi connectivity index (χ0v) is 28.9. The Morgan fingerprint density at radius 1 is 1.02 bits per heavy atom. The van der Waals surface area contributed by atoms with Gasteiger partial charge in [-0.05, 0) is 41.0 Å². The van der Waals surface area contributed by atoms with Crippen LogP contribution in [-0.4, -0.2) is 63.4 Å². The number of imidazole rings is 1.